The van der Waals surface area contributed by atoms with Crippen LogP contribution in [-0.4, -0.2) is 34.2 Å². The molecule has 23 heavy (non-hydrogen) atoms. The lowest BCUT2D eigenvalue weighted by molar-refractivity contribution is -0.884. The Balaban J connectivity index is 2.00. The van der Waals surface area contributed by atoms with E-state index in [0.29, 0.717) is 12.2 Å². The van der Waals surface area contributed by atoms with Gasteiger partial charge in [0, 0.05) is 6.26 Å². The van der Waals surface area contributed by atoms with Crippen molar-refractivity contribution in [3.8, 4) is 0 Å². The van der Waals surface area contributed by atoms with Gasteiger partial charge in [0.25, 0.3) is 5.91 Å². The van der Waals surface area contributed by atoms with Crippen molar-refractivity contribution in [1.82, 2.24) is 0 Å². The summed E-state index contributed by atoms with van der Waals surface area (Å²) in [6.07, 6.45) is 1.12. The average Bonchev–Trinajstić information content (AvgIpc) is 2.83. The maximum absolute atomic E-state index is 12.1. The molecule has 1 aromatic carbocycles. The van der Waals surface area contributed by atoms with Crippen LogP contribution in [0.25, 0.3) is 0 Å². The van der Waals surface area contributed by atoms with Gasteiger partial charge >= 0.3 is 0 Å². The molecule has 0 bridgehead atoms. The molecule has 2 aromatic rings. The van der Waals surface area contributed by atoms with Crippen LogP contribution in [0.4, 0.5) is 5.69 Å². The van der Waals surface area contributed by atoms with E-state index in [0.717, 1.165) is 20.4 Å². The van der Waals surface area contributed by atoms with Crippen LogP contribution < -0.4 is 10.2 Å². The van der Waals surface area contributed by atoms with Gasteiger partial charge in [0.1, 0.15) is 6.54 Å². The van der Waals surface area contributed by atoms with Gasteiger partial charge in [0.2, 0.25) is 0 Å². The first kappa shape index (κ1) is 17.9. The topological polar surface area (TPSA) is 67.7 Å². The highest BCUT2D eigenvalue weighted by atomic mass is 35.5. The highest BCUT2D eigenvalue weighted by molar-refractivity contribution is 7.90. The van der Waals surface area contributed by atoms with Crippen LogP contribution in [-0.2, 0) is 21.2 Å². The second-order valence-corrected chi connectivity index (χ2v) is 9.12. The monoisotopic (exact) mass is 373 g/mol. The van der Waals surface area contributed by atoms with E-state index in [1.807, 2.05) is 19.2 Å². The van der Waals surface area contributed by atoms with Crippen LogP contribution in [0, 0.1) is 0 Å². The number of carbonyl (C=O) groups is 1. The van der Waals surface area contributed by atoms with E-state index in [2.05, 4.69) is 5.32 Å². The number of amides is 1. The molecule has 2 N–H and O–H groups in total. The number of thiophene rings is 1. The van der Waals surface area contributed by atoms with Crippen molar-refractivity contribution in [2.45, 2.75) is 11.4 Å². The number of nitrogens with one attached hydrogen (secondary N) is 2. The predicted octanol–water partition coefficient (Wildman–Crippen LogP) is 1.46. The summed E-state index contributed by atoms with van der Waals surface area (Å²) in [7, 11) is -1.49. The lowest BCUT2D eigenvalue weighted by Gasteiger charge is -2.14. The number of halogens is 1. The highest BCUT2D eigenvalue weighted by Gasteiger charge is 2.17. The van der Waals surface area contributed by atoms with Crippen molar-refractivity contribution >= 4 is 44.4 Å². The minimum Gasteiger partial charge on any atom is -0.325 e. The van der Waals surface area contributed by atoms with Crippen molar-refractivity contribution in [3.05, 3.63) is 45.6 Å². The van der Waals surface area contributed by atoms with Gasteiger partial charge in [-0.05, 0) is 24.3 Å². The van der Waals surface area contributed by atoms with Crippen LogP contribution in [0.3, 0.4) is 0 Å². The zero-order chi connectivity index (χ0) is 17.0. The summed E-state index contributed by atoms with van der Waals surface area (Å²) in [5.41, 5.74) is 0.312. The summed E-state index contributed by atoms with van der Waals surface area (Å²) in [6, 6.07) is 10.2. The number of anilines is 1. The second-order valence-electron chi connectivity index (χ2n) is 5.33. The first-order valence-electron chi connectivity index (χ1n) is 6.90. The van der Waals surface area contributed by atoms with E-state index >= 15 is 0 Å². The number of hydrogen-bond acceptors (Lipinski definition) is 4. The average molecular weight is 374 g/mol. The molecule has 0 saturated carbocycles. The predicted molar refractivity (Wildman–Crippen MR) is 93.0 cm³/mol. The molecule has 124 valence electrons. The summed E-state index contributed by atoms with van der Waals surface area (Å²) >= 11 is 7.38. The number of rotatable bonds is 6. The van der Waals surface area contributed by atoms with E-state index < -0.39 is 9.84 Å². The summed E-state index contributed by atoms with van der Waals surface area (Å²) < 4.78 is 24.2. The number of benzene rings is 1. The fourth-order valence-corrected chi connectivity index (χ4v) is 4.21. The van der Waals surface area contributed by atoms with Gasteiger partial charge in [-0.1, -0.05) is 23.7 Å². The molecule has 0 aliphatic heterocycles. The third-order valence-electron chi connectivity index (χ3n) is 3.13. The molecule has 1 atom stereocenters. The van der Waals surface area contributed by atoms with Crippen LogP contribution in [0.15, 0.2) is 41.3 Å². The van der Waals surface area contributed by atoms with Gasteiger partial charge in [-0.25, -0.2) is 8.42 Å². The first-order valence-corrected chi connectivity index (χ1v) is 9.99. The summed E-state index contributed by atoms with van der Waals surface area (Å²) in [4.78, 5) is 14.3. The zero-order valence-corrected chi connectivity index (χ0v) is 15.2. The smallest absolute Gasteiger partial charge is 0.279 e. The molecule has 5 nitrogen and oxygen atoms in total. The van der Waals surface area contributed by atoms with Crippen molar-refractivity contribution in [2.75, 3.05) is 25.2 Å². The molecule has 8 heteroatoms. The normalized spacial score (nSPS) is 12.8. The molecule has 0 spiro atoms. The Bertz CT molecular complexity index is 803. The lowest BCUT2D eigenvalue weighted by Crippen LogP contribution is -3.08. The van der Waals surface area contributed by atoms with Crippen molar-refractivity contribution in [1.29, 1.82) is 0 Å². The van der Waals surface area contributed by atoms with Gasteiger partial charge in [0.15, 0.2) is 16.4 Å². The fourth-order valence-electron chi connectivity index (χ4n) is 2.17. The van der Waals surface area contributed by atoms with Gasteiger partial charge in [-0.2, -0.15) is 0 Å². The third kappa shape index (κ3) is 5.31. The highest BCUT2D eigenvalue weighted by Crippen LogP contribution is 2.21. The van der Waals surface area contributed by atoms with Crippen LogP contribution in [0.1, 0.15) is 4.88 Å². The fraction of sp³-hybridized carbons (Fsp3) is 0.267. The van der Waals surface area contributed by atoms with Crippen molar-refractivity contribution in [2.24, 2.45) is 0 Å². The first-order chi connectivity index (χ1) is 10.8. The Morgan fingerprint density at radius 3 is 2.57 bits per heavy atom. The lowest BCUT2D eigenvalue weighted by atomic mass is 10.3. The Morgan fingerprint density at radius 2 is 1.96 bits per heavy atom. The van der Waals surface area contributed by atoms with Crippen molar-refractivity contribution in [3.63, 3.8) is 0 Å². The zero-order valence-electron chi connectivity index (χ0n) is 12.8. The number of hydrogen-bond donors (Lipinski definition) is 2. The van der Waals surface area contributed by atoms with Crippen LogP contribution >= 0.6 is 22.9 Å². The quantitative estimate of drug-likeness (QED) is 0.805. The Morgan fingerprint density at radius 1 is 1.26 bits per heavy atom. The molecule has 1 aromatic heterocycles. The van der Waals surface area contributed by atoms with E-state index in [4.69, 9.17) is 11.6 Å². The summed E-state index contributed by atoms with van der Waals surface area (Å²) in [6.45, 7) is 0.909. The molecule has 1 heterocycles. The summed E-state index contributed by atoms with van der Waals surface area (Å²) in [5.74, 6) is -0.235. The molecule has 0 radical (unpaired) electrons. The van der Waals surface area contributed by atoms with E-state index in [9.17, 15) is 13.2 Å². The molecule has 2 rings (SSSR count). The van der Waals surface area contributed by atoms with Gasteiger partial charge in [0.05, 0.1) is 26.8 Å². The van der Waals surface area contributed by atoms with Gasteiger partial charge in [-0.3, -0.25) is 4.79 Å². The molecule has 0 saturated heterocycles. The molecule has 0 aliphatic carbocycles. The summed E-state index contributed by atoms with van der Waals surface area (Å²) in [5, 5.41) is 2.68. The number of sulfone groups is 1. The van der Waals surface area contributed by atoms with Crippen molar-refractivity contribution < 1.29 is 18.1 Å². The molecule has 0 fully saturated rings. The SMILES string of the molecule is C[NH+](CC(=O)Nc1ccccc1S(C)(=O)=O)Cc1ccc(Cl)s1. The Hall–Kier alpha value is -1.41. The molecular formula is C15H18ClN2O3S2+. The van der Waals surface area contributed by atoms with E-state index in [-0.39, 0.29) is 17.3 Å². The largest absolute Gasteiger partial charge is 0.325 e. The standard InChI is InChI=1S/C15H17ClN2O3S2/c1-18(9-11-7-8-14(16)22-11)10-15(19)17-12-5-3-4-6-13(12)23(2,20)21/h3-8H,9-10H2,1-2H3,(H,17,19)/p+1. The second kappa shape index (κ2) is 7.44. The number of para-hydroxylation sites is 1. The number of likely N-dealkylation sites (N-methyl/N-ethyl adjacent to an activating group) is 1. The van der Waals surface area contributed by atoms with E-state index in [1.54, 1.807) is 18.2 Å². The van der Waals surface area contributed by atoms with Crippen LogP contribution in [0.5, 0.6) is 0 Å². The Labute approximate surface area is 144 Å². The molecule has 1 unspecified atom stereocenters. The molecule has 0 aliphatic rings. The van der Waals surface area contributed by atoms with Gasteiger partial charge in [-0.15, -0.1) is 11.3 Å². The molecular weight excluding hydrogens is 356 g/mol. The van der Waals surface area contributed by atoms with Crippen LogP contribution in [0.2, 0.25) is 4.34 Å². The maximum atomic E-state index is 12.1. The minimum absolute atomic E-state index is 0.121. The minimum atomic E-state index is -3.39. The Kier molecular flexibility index (Phi) is 5.80. The molecule has 1 amide bonds. The maximum Gasteiger partial charge on any atom is 0.279 e. The van der Waals surface area contributed by atoms with Gasteiger partial charge < -0.3 is 10.2 Å². The number of quaternary nitrogens is 1. The third-order valence-corrected chi connectivity index (χ3v) is 5.51. The van der Waals surface area contributed by atoms with E-state index in [1.165, 1.54) is 17.4 Å². The number of carbonyl (C=O) groups excluding carboxylic acids is 1.